The van der Waals surface area contributed by atoms with Gasteiger partial charge in [-0.3, -0.25) is 0 Å². The number of hydrogen-bond donors (Lipinski definition) is 0. The fraction of sp³-hybridized carbons (Fsp3) is 0.0968. The first-order valence-corrected chi connectivity index (χ1v) is 10.5. The molecule has 1 radical (unpaired) electrons. The second-order valence-corrected chi connectivity index (χ2v) is 7.45. The van der Waals surface area contributed by atoms with Crippen LogP contribution >= 0.6 is 0 Å². The van der Waals surface area contributed by atoms with Crippen molar-refractivity contribution >= 4 is 0 Å². The standard InChI is InChI=1S/C18H14N.C13H12N.Ir/c1-14-7-12-18(19-13-14)17-10-8-16(9-11-17)15-5-3-2-4-6-15;1-10-8-13(14-9-11(10)2)12-6-4-3-5-7-12;/h2-10,12-13H,1H3;3-6,8-9H,1-2H3;/q2*-1;/i1D3;2D3;. The van der Waals surface area contributed by atoms with Crippen molar-refractivity contribution in [3.8, 4) is 33.6 Å². The molecule has 34 heavy (non-hydrogen) atoms. The molecule has 0 amide bonds. The maximum absolute atomic E-state index is 7.37. The predicted octanol–water partition coefficient (Wildman–Crippen LogP) is 7.69. The van der Waals surface area contributed by atoms with E-state index in [0.29, 0.717) is 11.3 Å². The van der Waals surface area contributed by atoms with Gasteiger partial charge in [0.15, 0.2) is 0 Å². The second kappa shape index (κ2) is 12.2. The van der Waals surface area contributed by atoms with Crippen molar-refractivity contribution in [3.05, 3.63) is 132 Å². The molecule has 3 aromatic carbocycles. The first-order chi connectivity index (χ1) is 18.5. The average Bonchev–Trinajstić information content (AvgIpc) is 2.93. The Kier molecular flexibility index (Phi) is 6.45. The molecule has 2 nitrogen and oxygen atoms in total. The molecule has 0 saturated heterocycles. The van der Waals surface area contributed by atoms with E-state index in [1.807, 2.05) is 72.8 Å². The van der Waals surface area contributed by atoms with Crippen LogP contribution in [0.15, 0.2) is 103 Å². The molecule has 0 spiro atoms. The summed E-state index contributed by atoms with van der Waals surface area (Å²) in [6.45, 7) is -2.43. The smallest absolute Gasteiger partial charge is 0.0280 e. The number of aryl methyl sites for hydroxylation is 3. The summed E-state index contributed by atoms with van der Waals surface area (Å²) in [7, 11) is 0. The van der Waals surface area contributed by atoms with E-state index < -0.39 is 13.7 Å². The average molecular weight is 625 g/mol. The van der Waals surface area contributed by atoms with Crippen LogP contribution in [0.5, 0.6) is 0 Å². The van der Waals surface area contributed by atoms with Crippen LogP contribution in [0.1, 0.15) is 24.9 Å². The SMILES string of the molecule is [2H]C([2H])([2H])c1ccc(-c2[c-]cc(-c3ccccc3)cc2)nc1.[2H]C([2H])([2H])c1cnc(-c2[c-]cccc2)cc1C.[Ir]. The molecule has 5 rings (SSSR count). The molecule has 0 saturated carbocycles. The fourth-order valence-electron chi connectivity index (χ4n) is 3.20. The summed E-state index contributed by atoms with van der Waals surface area (Å²) < 4.78 is 44.2. The third kappa shape index (κ3) is 6.57. The van der Waals surface area contributed by atoms with Crippen LogP contribution in [-0.2, 0) is 20.1 Å². The Morgan fingerprint density at radius 3 is 2.09 bits per heavy atom. The Morgan fingerprint density at radius 1 is 0.676 bits per heavy atom. The van der Waals surface area contributed by atoms with Crippen LogP contribution in [0.25, 0.3) is 33.6 Å². The normalized spacial score (nSPS) is 13.3. The number of pyridine rings is 2. The van der Waals surface area contributed by atoms with Crippen molar-refractivity contribution in [2.75, 3.05) is 0 Å². The number of hydrogen-bond acceptors (Lipinski definition) is 2. The quantitative estimate of drug-likeness (QED) is 0.193. The summed E-state index contributed by atoms with van der Waals surface area (Å²) in [5.74, 6) is 0. The largest absolute Gasteiger partial charge is 0.304 e. The molecule has 0 N–H and O–H groups in total. The third-order valence-electron chi connectivity index (χ3n) is 5.06. The van der Waals surface area contributed by atoms with Gasteiger partial charge in [-0.05, 0) is 43.1 Å². The Hall–Kier alpha value is -3.39. The Bertz CT molecular complexity index is 1500. The Labute approximate surface area is 224 Å². The van der Waals surface area contributed by atoms with Crippen molar-refractivity contribution in [1.29, 1.82) is 0 Å². The van der Waals surface area contributed by atoms with Gasteiger partial charge in [0.05, 0.1) is 0 Å². The Morgan fingerprint density at radius 2 is 1.47 bits per heavy atom. The van der Waals surface area contributed by atoms with Crippen LogP contribution in [0.2, 0.25) is 0 Å². The van der Waals surface area contributed by atoms with Crippen LogP contribution in [0.3, 0.4) is 0 Å². The van der Waals surface area contributed by atoms with Crippen molar-refractivity contribution in [2.45, 2.75) is 20.6 Å². The van der Waals surface area contributed by atoms with Gasteiger partial charge in [-0.25, -0.2) is 0 Å². The van der Waals surface area contributed by atoms with Crippen LogP contribution < -0.4 is 0 Å². The molecule has 0 aliphatic heterocycles. The maximum Gasteiger partial charge on any atom is 0.0280 e. The molecule has 171 valence electrons. The van der Waals surface area contributed by atoms with Gasteiger partial charge in [0, 0.05) is 40.7 Å². The van der Waals surface area contributed by atoms with Crippen molar-refractivity contribution in [2.24, 2.45) is 0 Å². The van der Waals surface area contributed by atoms with Gasteiger partial charge in [0.2, 0.25) is 0 Å². The number of benzene rings is 3. The number of rotatable bonds is 3. The minimum absolute atomic E-state index is 0. The van der Waals surface area contributed by atoms with Crippen LogP contribution in [0.4, 0.5) is 0 Å². The van der Waals surface area contributed by atoms with Gasteiger partial charge in [0.1, 0.15) is 0 Å². The van der Waals surface area contributed by atoms with E-state index in [2.05, 4.69) is 22.1 Å². The first kappa shape index (κ1) is 18.0. The molecule has 3 heteroatoms. The molecule has 2 heterocycles. The summed E-state index contributed by atoms with van der Waals surface area (Å²) in [5.41, 5.74) is 6.68. The van der Waals surface area contributed by atoms with Gasteiger partial charge in [-0.15, -0.1) is 65.7 Å². The predicted molar refractivity (Wildman–Crippen MR) is 137 cm³/mol. The molecular weight excluding hydrogens is 593 g/mol. The van der Waals surface area contributed by atoms with E-state index in [0.717, 1.165) is 33.5 Å². The van der Waals surface area contributed by atoms with Gasteiger partial charge in [-0.1, -0.05) is 65.2 Å². The molecule has 0 aliphatic rings. The van der Waals surface area contributed by atoms with E-state index >= 15 is 0 Å². The van der Waals surface area contributed by atoms with Gasteiger partial charge in [-0.2, -0.15) is 0 Å². The molecule has 5 aromatic rings. The van der Waals surface area contributed by atoms with Crippen LogP contribution in [0, 0.1) is 32.8 Å². The number of nitrogens with zero attached hydrogens (tertiary/aromatic N) is 2. The molecule has 2 aromatic heterocycles. The molecule has 0 bridgehead atoms. The van der Waals surface area contributed by atoms with E-state index in [1.54, 1.807) is 25.1 Å². The second-order valence-electron chi connectivity index (χ2n) is 7.45. The molecule has 0 unspecified atom stereocenters. The zero-order valence-corrected chi connectivity index (χ0v) is 20.9. The van der Waals surface area contributed by atoms with Gasteiger partial charge in [0.25, 0.3) is 0 Å². The van der Waals surface area contributed by atoms with Gasteiger partial charge >= 0.3 is 0 Å². The first-order valence-electron chi connectivity index (χ1n) is 13.5. The topological polar surface area (TPSA) is 25.8 Å². The summed E-state index contributed by atoms with van der Waals surface area (Å²) >= 11 is 0. The Balaban J connectivity index is 0.000000222. The van der Waals surface area contributed by atoms with Gasteiger partial charge < -0.3 is 9.97 Å². The zero-order valence-electron chi connectivity index (χ0n) is 24.5. The molecular formula is C31H26IrN2-2. The minimum atomic E-state index is -2.12. The van der Waals surface area contributed by atoms with E-state index in [-0.39, 0.29) is 25.7 Å². The fourth-order valence-corrected chi connectivity index (χ4v) is 3.20. The van der Waals surface area contributed by atoms with E-state index in [9.17, 15) is 0 Å². The van der Waals surface area contributed by atoms with Crippen molar-refractivity contribution in [3.63, 3.8) is 0 Å². The minimum Gasteiger partial charge on any atom is -0.304 e. The summed E-state index contributed by atoms with van der Waals surface area (Å²) in [6, 6.07) is 34.8. The number of aromatic nitrogens is 2. The van der Waals surface area contributed by atoms with Crippen molar-refractivity contribution in [1.82, 2.24) is 9.97 Å². The molecule has 0 aliphatic carbocycles. The molecule has 0 fully saturated rings. The molecule has 0 atom stereocenters. The zero-order chi connectivity index (χ0) is 28.0. The van der Waals surface area contributed by atoms with Crippen LogP contribution in [-0.4, -0.2) is 9.97 Å². The summed E-state index contributed by atoms with van der Waals surface area (Å²) in [5, 5.41) is 0. The maximum atomic E-state index is 7.37. The van der Waals surface area contributed by atoms with E-state index in [1.165, 1.54) is 12.4 Å². The van der Waals surface area contributed by atoms with E-state index in [4.69, 9.17) is 8.22 Å². The summed E-state index contributed by atoms with van der Waals surface area (Å²) in [6.07, 6.45) is 2.83. The third-order valence-corrected chi connectivity index (χ3v) is 5.06. The monoisotopic (exact) mass is 625 g/mol. The van der Waals surface area contributed by atoms with Crippen molar-refractivity contribution < 1.29 is 28.3 Å². The summed E-state index contributed by atoms with van der Waals surface area (Å²) in [4.78, 5) is 8.41.